The largest absolute Gasteiger partial charge is 0.417 e. The average molecular weight is 341 g/mol. The summed E-state index contributed by atoms with van der Waals surface area (Å²) >= 11 is 0. The number of anilines is 1. The Balaban J connectivity index is 1.92. The highest BCUT2D eigenvalue weighted by molar-refractivity contribution is 5.79. The van der Waals surface area contributed by atoms with E-state index in [-0.39, 0.29) is 11.8 Å². The summed E-state index contributed by atoms with van der Waals surface area (Å²) in [5, 5.41) is 7.96. The highest BCUT2D eigenvalue weighted by atomic mass is 19.4. The van der Waals surface area contributed by atoms with Crippen molar-refractivity contribution < 1.29 is 18.0 Å². The number of nitrogens with zero attached hydrogens (tertiary/aromatic N) is 5. The quantitative estimate of drug-likeness (QED) is 0.839. The van der Waals surface area contributed by atoms with Gasteiger partial charge in [0.15, 0.2) is 5.65 Å². The number of carbonyl (C=O) groups is 1. The zero-order valence-corrected chi connectivity index (χ0v) is 13.4. The molecule has 1 unspecified atom stereocenters. The molecular weight excluding hydrogens is 323 g/mol. The lowest BCUT2D eigenvalue weighted by Crippen LogP contribution is -2.43. The molecule has 1 atom stereocenters. The fraction of sp³-hybridized carbons (Fsp3) is 0.533. The van der Waals surface area contributed by atoms with E-state index in [1.54, 1.807) is 14.1 Å². The van der Waals surface area contributed by atoms with Crippen LogP contribution in [0.4, 0.5) is 19.1 Å². The number of halogens is 3. The van der Waals surface area contributed by atoms with E-state index in [1.165, 1.54) is 15.4 Å². The maximum absolute atomic E-state index is 12.9. The average Bonchev–Trinajstić information content (AvgIpc) is 2.96. The highest BCUT2D eigenvalue weighted by Gasteiger charge is 2.32. The molecule has 3 rings (SSSR count). The Morgan fingerprint density at radius 2 is 2.04 bits per heavy atom. The maximum Gasteiger partial charge on any atom is 0.417 e. The minimum atomic E-state index is -4.43. The van der Waals surface area contributed by atoms with Gasteiger partial charge in [0.05, 0.1) is 11.5 Å². The van der Waals surface area contributed by atoms with Gasteiger partial charge in [-0.1, -0.05) is 0 Å². The second kappa shape index (κ2) is 5.95. The second-order valence-electron chi connectivity index (χ2n) is 6.16. The molecule has 1 amide bonds. The molecular formula is C15H18F3N5O. The van der Waals surface area contributed by atoms with Gasteiger partial charge in [-0.05, 0) is 25.0 Å². The van der Waals surface area contributed by atoms with Gasteiger partial charge in [-0.2, -0.15) is 13.2 Å². The molecule has 1 aliphatic rings. The van der Waals surface area contributed by atoms with Crippen LogP contribution in [0.15, 0.2) is 18.3 Å². The van der Waals surface area contributed by atoms with Gasteiger partial charge in [0, 0.05) is 33.4 Å². The van der Waals surface area contributed by atoms with E-state index in [2.05, 4.69) is 10.2 Å². The Morgan fingerprint density at radius 3 is 2.71 bits per heavy atom. The highest BCUT2D eigenvalue weighted by Crippen LogP contribution is 2.30. The smallest absolute Gasteiger partial charge is 0.349 e. The number of aromatic nitrogens is 3. The molecule has 0 N–H and O–H groups in total. The predicted octanol–water partition coefficient (Wildman–Crippen LogP) is 2.05. The van der Waals surface area contributed by atoms with Crippen molar-refractivity contribution in [2.75, 3.05) is 32.1 Å². The monoisotopic (exact) mass is 341 g/mol. The topological polar surface area (TPSA) is 53.7 Å². The van der Waals surface area contributed by atoms with Gasteiger partial charge in [0.25, 0.3) is 0 Å². The third-order valence-electron chi connectivity index (χ3n) is 4.21. The van der Waals surface area contributed by atoms with Crippen LogP contribution in [-0.4, -0.2) is 52.6 Å². The van der Waals surface area contributed by atoms with Crippen molar-refractivity contribution in [1.29, 1.82) is 0 Å². The van der Waals surface area contributed by atoms with E-state index in [1.807, 2.05) is 4.90 Å². The fourth-order valence-corrected chi connectivity index (χ4v) is 2.99. The van der Waals surface area contributed by atoms with Crippen LogP contribution in [-0.2, 0) is 11.0 Å². The second-order valence-corrected chi connectivity index (χ2v) is 6.16. The fourth-order valence-electron chi connectivity index (χ4n) is 2.99. The third kappa shape index (κ3) is 3.02. The molecule has 24 heavy (non-hydrogen) atoms. The van der Waals surface area contributed by atoms with E-state index < -0.39 is 11.7 Å². The van der Waals surface area contributed by atoms with E-state index >= 15 is 0 Å². The Morgan fingerprint density at radius 1 is 1.29 bits per heavy atom. The molecule has 9 heteroatoms. The first kappa shape index (κ1) is 16.5. The van der Waals surface area contributed by atoms with Gasteiger partial charge >= 0.3 is 6.18 Å². The molecule has 0 bridgehead atoms. The molecule has 2 aromatic rings. The number of carbonyl (C=O) groups excluding carboxylic acids is 1. The van der Waals surface area contributed by atoms with Gasteiger partial charge in [0.1, 0.15) is 0 Å². The summed E-state index contributed by atoms with van der Waals surface area (Å²) in [5.41, 5.74) is -0.409. The Bertz CT molecular complexity index is 755. The molecule has 0 radical (unpaired) electrons. The van der Waals surface area contributed by atoms with Gasteiger partial charge in [0.2, 0.25) is 11.9 Å². The number of amides is 1. The van der Waals surface area contributed by atoms with E-state index in [0.717, 1.165) is 25.1 Å². The van der Waals surface area contributed by atoms with Crippen LogP contribution < -0.4 is 4.90 Å². The van der Waals surface area contributed by atoms with Gasteiger partial charge in [-0.15, -0.1) is 10.2 Å². The molecule has 0 aliphatic carbocycles. The van der Waals surface area contributed by atoms with Crippen LogP contribution in [0.3, 0.4) is 0 Å². The Labute approximate surface area is 136 Å². The van der Waals surface area contributed by atoms with Crippen molar-refractivity contribution in [1.82, 2.24) is 19.5 Å². The number of fused-ring (bicyclic) bond motifs is 1. The van der Waals surface area contributed by atoms with Crippen molar-refractivity contribution in [3.8, 4) is 0 Å². The first-order chi connectivity index (χ1) is 11.3. The number of alkyl halides is 3. The van der Waals surface area contributed by atoms with E-state index in [4.69, 9.17) is 0 Å². The molecule has 6 nitrogen and oxygen atoms in total. The van der Waals surface area contributed by atoms with Crippen molar-refractivity contribution in [2.45, 2.75) is 19.0 Å². The third-order valence-corrected chi connectivity index (χ3v) is 4.21. The van der Waals surface area contributed by atoms with Crippen LogP contribution in [0.25, 0.3) is 5.65 Å². The SMILES string of the molecule is CN(C)C(=O)C1CCCN(c2nnc3ccc(C(F)(F)F)cn23)C1. The normalized spacial score (nSPS) is 18.9. The summed E-state index contributed by atoms with van der Waals surface area (Å²) < 4.78 is 40.1. The van der Waals surface area contributed by atoms with Gasteiger partial charge in [-0.3, -0.25) is 9.20 Å². The Hall–Kier alpha value is -2.32. The lowest BCUT2D eigenvalue weighted by molar-refractivity contribution is -0.138. The van der Waals surface area contributed by atoms with Crippen LogP contribution in [0.2, 0.25) is 0 Å². The van der Waals surface area contributed by atoms with Crippen molar-refractivity contribution in [2.24, 2.45) is 5.92 Å². The van der Waals surface area contributed by atoms with Crippen molar-refractivity contribution >= 4 is 17.5 Å². The molecule has 1 saturated heterocycles. The molecule has 1 fully saturated rings. The minimum Gasteiger partial charge on any atom is -0.349 e. The van der Waals surface area contributed by atoms with Crippen LogP contribution >= 0.6 is 0 Å². The summed E-state index contributed by atoms with van der Waals surface area (Å²) in [6.07, 6.45) is -1.89. The number of piperidine rings is 1. The molecule has 130 valence electrons. The lowest BCUT2D eigenvalue weighted by atomic mass is 9.97. The summed E-state index contributed by atoms with van der Waals surface area (Å²) in [7, 11) is 3.40. The molecule has 1 aliphatic heterocycles. The number of pyridine rings is 1. The summed E-state index contributed by atoms with van der Waals surface area (Å²) in [6.45, 7) is 1.06. The first-order valence-electron chi connectivity index (χ1n) is 7.65. The van der Waals surface area contributed by atoms with E-state index in [9.17, 15) is 18.0 Å². The summed E-state index contributed by atoms with van der Waals surface area (Å²) in [4.78, 5) is 15.5. The summed E-state index contributed by atoms with van der Waals surface area (Å²) in [5.74, 6) is 0.170. The van der Waals surface area contributed by atoms with Gasteiger partial charge in [-0.25, -0.2) is 0 Å². The molecule has 3 heterocycles. The molecule has 2 aromatic heterocycles. The van der Waals surface area contributed by atoms with Crippen molar-refractivity contribution in [3.63, 3.8) is 0 Å². The van der Waals surface area contributed by atoms with Crippen LogP contribution in [0, 0.1) is 5.92 Å². The Kier molecular flexibility index (Phi) is 4.10. The van der Waals surface area contributed by atoms with E-state index in [0.29, 0.717) is 24.7 Å². The zero-order valence-electron chi connectivity index (χ0n) is 13.4. The molecule has 0 aromatic carbocycles. The minimum absolute atomic E-state index is 0.0181. The van der Waals surface area contributed by atoms with Crippen molar-refractivity contribution in [3.05, 3.63) is 23.9 Å². The van der Waals surface area contributed by atoms with Crippen LogP contribution in [0.1, 0.15) is 18.4 Å². The standard InChI is InChI=1S/C15H18F3N5O/c1-21(2)13(24)10-4-3-7-22(8-10)14-20-19-12-6-5-11(9-23(12)14)15(16,17)18/h5-6,9-10H,3-4,7-8H2,1-2H3. The molecule has 0 spiro atoms. The number of hydrogen-bond donors (Lipinski definition) is 0. The van der Waals surface area contributed by atoms with Gasteiger partial charge < -0.3 is 9.80 Å². The lowest BCUT2D eigenvalue weighted by Gasteiger charge is -2.33. The number of hydrogen-bond acceptors (Lipinski definition) is 4. The zero-order chi connectivity index (χ0) is 17.5. The maximum atomic E-state index is 12.9. The number of rotatable bonds is 2. The predicted molar refractivity (Wildman–Crippen MR) is 81.6 cm³/mol. The molecule has 0 saturated carbocycles. The summed E-state index contributed by atoms with van der Waals surface area (Å²) in [6, 6.07) is 2.29. The van der Waals surface area contributed by atoms with Crippen LogP contribution in [0.5, 0.6) is 0 Å². The first-order valence-corrected chi connectivity index (χ1v) is 7.65.